The molecule has 0 aliphatic heterocycles. The van der Waals surface area contributed by atoms with Gasteiger partial charge in [0.25, 0.3) is 0 Å². The highest BCUT2D eigenvalue weighted by Crippen LogP contribution is 2.29. The predicted octanol–water partition coefficient (Wildman–Crippen LogP) is 4.96. The van der Waals surface area contributed by atoms with E-state index in [4.69, 9.17) is 11.6 Å². The van der Waals surface area contributed by atoms with Gasteiger partial charge >= 0.3 is 0 Å². The number of aromatic nitrogens is 2. The molecule has 2 aromatic carbocycles. The number of carbonyl (C=O) groups excluding carboxylic acids is 1. The first-order valence-electron chi connectivity index (χ1n) is 8.02. The fourth-order valence-electron chi connectivity index (χ4n) is 2.70. The number of hydrogen-bond acceptors (Lipinski definition) is 3. The lowest BCUT2D eigenvalue weighted by atomic mass is 10.1. The third-order valence-electron chi connectivity index (χ3n) is 4.18. The minimum absolute atomic E-state index is 0.0347. The monoisotopic (exact) mass is 373 g/mol. The maximum Gasteiger partial charge on any atom is 0.237 e. The minimum atomic E-state index is -0.273. The van der Waals surface area contributed by atoms with Crippen LogP contribution >= 0.6 is 23.4 Å². The number of rotatable bonds is 4. The van der Waals surface area contributed by atoms with E-state index in [1.165, 1.54) is 11.8 Å². The first-order chi connectivity index (χ1) is 11.9. The first-order valence-corrected chi connectivity index (χ1v) is 9.28. The number of nitrogens with zero attached hydrogens (tertiary/aromatic N) is 2. The first kappa shape index (κ1) is 17.8. The zero-order chi connectivity index (χ0) is 18.1. The van der Waals surface area contributed by atoms with Crippen LogP contribution in [0.1, 0.15) is 18.1 Å². The summed E-state index contributed by atoms with van der Waals surface area (Å²) in [6.07, 6.45) is 0. The van der Waals surface area contributed by atoms with Crippen molar-refractivity contribution in [1.82, 2.24) is 9.55 Å². The number of nitrogens with one attached hydrogen (secondary N) is 1. The largest absolute Gasteiger partial charge is 0.325 e. The number of para-hydroxylation sites is 1. The molecule has 1 N–H and O–H groups in total. The van der Waals surface area contributed by atoms with Gasteiger partial charge in [-0.3, -0.25) is 4.79 Å². The molecule has 0 spiro atoms. The second-order valence-corrected chi connectivity index (χ2v) is 7.85. The summed E-state index contributed by atoms with van der Waals surface area (Å²) in [6, 6.07) is 11.6. The number of halogens is 1. The van der Waals surface area contributed by atoms with Gasteiger partial charge in [0.05, 0.1) is 16.3 Å². The highest BCUT2D eigenvalue weighted by molar-refractivity contribution is 8.00. The smallest absolute Gasteiger partial charge is 0.237 e. The zero-order valence-electron chi connectivity index (χ0n) is 14.6. The topological polar surface area (TPSA) is 46.9 Å². The van der Waals surface area contributed by atoms with Gasteiger partial charge in [-0.2, -0.15) is 0 Å². The molecule has 4 nitrogen and oxygen atoms in total. The second kappa shape index (κ2) is 7.10. The molecule has 0 aliphatic carbocycles. The lowest BCUT2D eigenvalue weighted by Crippen LogP contribution is -2.23. The molecular formula is C19H20ClN3OS. The van der Waals surface area contributed by atoms with Gasteiger partial charge < -0.3 is 9.88 Å². The average Bonchev–Trinajstić information content (AvgIpc) is 2.86. The van der Waals surface area contributed by atoms with Gasteiger partial charge in [0.15, 0.2) is 5.16 Å². The number of anilines is 1. The van der Waals surface area contributed by atoms with Crippen molar-refractivity contribution >= 4 is 46.0 Å². The number of amides is 1. The van der Waals surface area contributed by atoms with Crippen molar-refractivity contribution in [3.05, 3.63) is 52.5 Å². The van der Waals surface area contributed by atoms with E-state index in [0.29, 0.717) is 5.02 Å². The second-order valence-electron chi connectivity index (χ2n) is 6.10. The summed E-state index contributed by atoms with van der Waals surface area (Å²) in [6.45, 7) is 5.88. The number of thioether (sulfide) groups is 1. The maximum absolute atomic E-state index is 12.6. The average molecular weight is 374 g/mol. The van der Waals surface area contributed by atoms with Crippen molar-refractivity contribution in [3.8, 4) is 0 Å². The molecule has 0 saturated carbocycles. The Balaban J connectivity index is 1.79. The van der Waals surface area contributed by atoms with Gasteiger partial charge in [0.2, 0.25) is 5.91 Å². The van der Waals surface area contributed by atoms with Crippen LogP contribution in [0, 0.1) is 13.8 Å². The van der Waals surface area contributed by atoms with Crippen molar-refractivity contribution in [3.63, 3.8) is 0 Å². The van der Waals surface area contributed by atoms with Crippen molar-refractivity contribution < 1.29 is 4.79 Å². The summed E-state index contributed by atoms with van der Waals surface area (Å²) < 4.78 is 1.99. The van der Waals surface area contributed by atoms with E-state index in [2.05, 4.69) is 10.3 Å². The third-order valence-corrected chi connectivity index (χ3v) is 5.56. The Morgan fingerprint density at radius 3 is 2.60 bits per heavy atom. The van der Waals surface area contributed by atoms with Crippen LogP contribution < -0.4 is 5.32 Å². The van der Waals surface area contributed by atoms with Gasteiger partial charge in [-0.15, -0.1) is 0 Å². The lowest BCUT2D eigenvalue weighted by Gasteiger charge is -2.15. The molecule has 25 heavy (non-hydrogen) atoms. The van der Waals surface area contributed by atoms with E-state index in [1.54, 1.807) is 0 Å². The SMILES string of the molecule is Cc1cccc(C)c1NC(=O)C(C)Sc1nc2cc(Cl)ccc2n1C. The van der Waals surface area contributed by atoms with E-state index in [-0.39, 0.29) is 11.2 Å². The molecule has 1 aromatic heterocycles. The summed E-state index contributed by atoms with van der Waals surface area (Å²) >= 11 is 7.47. The molecule has 0 bridgehead atoms. The van der Waals surface area contributed by atoms with Crippen LogP contribution in [0.5, 0.6) is 0 Å². The normalized spacial score (nSPS) is 12.4. The number of fused-ring (bicyclic) bond motifs is 1. The minimum Gasteiger partial charge on any atom is -0.325 e. The summed E-state index contributed by atoms with van der Waals surface area (Å²) in [5.74, 6) is -0.0347. The van der Waals surface area contributed by atoms with E-state index in [0.717, 1.165) is 33.0 Å². The fraction of sp³-hybridized carbons (Fsp3) is 0.263. The molecule has 1 atom stereocenters. The maximum atomic E-state index is 12.6. The van der Waals surface area contributed by atoms with Gasteiger partial charge in [-0.25, -0.2) is 4.98 Å². The van der Waals surface area contributed by atoms with E-state index in [9.17, 15) is 4.79 Å². The lowest BCUT2D eigenvalue weighted by molar-refractivity contribution is -0.115. The predicted molar refractivity (Wildman–Crippen MR) is 106 cm³/mol. The number of hydrogen-bond donors (Lipinski definition) is 1. The summed E-state index contributed by atoms with van der Waals surface area (Å²) in [7, 11) is 1.95. The van der Waals surface area contributed by atoms with Crippen LogP contribution in [0.15, 0.2) is 41.6 Å². The Bertz CT molecular complexity index is 931. The van der Waals surface area contributed by atoms with E-state index in [1.807, 2.05) is 68.8 Å². The molecular weight excluding hydrogens is 354 g/mol. The van der Waals surface area contributed by atoms with Crippen LogP contribution in [0.3, 0.4) is 0 Å². The van der Waals surface area contributed by atoms with Gasteiger partial charge in [0.1, 0.15) is 0 Å². The summed E-state index contributed by atoms with van der Waals surface area (Å²) in [5, 5.41) is 4.22. The van der Waals surface area contributed by atoms with Crippen molar-refractivity contribution in [1.29, 1.82) is 0 Å². The Morgan fingerprint density at radius 1 is 1.24 bits per heavy atom. The Morgan fingerprint density at radius 2 is 1.92 bits per heavy atom. The molecule has 6 heteroatoms. The van der Waals surface area contributed by atoms with Gasteiger partial charge in [-0.05, 0) is 50.1 Å². The zero-order valence-corrected chi connectivity index (χ0v) is 16.2. The van der Waals surface area contributed by atoms with Crippen LogP contribution in [0.4, 0.5) is 5.69 Å². The quantitative estimate of drug-likeness (QED) is 0.657. The van der Waals surface area contributed by atoms with Crippen LogP contribution in [0.2, 0.25) is 5.02 Å². The van der Waals surface area contributed by atoms with Gasteiger partial charge in [0, 0.05) is 17.8 Å². The van der Waals surface area contributed by atoms with Crippen molar-refractivity contribution in [2.45, 2.75) is 31.2 Å². The molecule has 0 saturated heterocycles. The molecule has 0 aliphatic rings. The fourth-order valence-corrected chi connectivity index (χ4v) is 3.76. The van der Waals surface area contributed by atoms with Crippen molar-refractivity contribution in [2.75, 3.05) is 5.32 Å². The van der Waals surface area contributed by atoms with Crippen LogP contribution in [-0.2, 0) is 11.8 Å². The highest BCUT2D eigenvalue weighted by Gasteiger charge is 2.19. The van der Waals surface area contributed by atoms with Crippen molar-refractivity contribution in [2.24, 2.45) is 7.05 Å². The number of benzene rings is 2. The Kier molecular flexibility index (Phi) is 5.06. The summed E-state index contributed by atoms with van der Waals surface area (Å²) in [4.78, 5) is 17.2. The standard InChI is InChI=1S/C19H20ClN3OS/c1-11-6-5-7-12(2)17(11)22-18(24)13(3)25-19-21-15-10-14(20)8-9-16(15)23(19)4/h5-10,13H,1-4H3,(H,22,24). The molecule has 1 amide bonds. The Hall–Kier alpha value is -1.98. The molecule has 0 fully saturated rings. The molecule has 3 rings (SSSR count). The number of imidazole rings is 1. The number of carbonyl (C=O) groups is 1. The molecule has 130 valence electrons. The molecule has 3 aromatic rings. The third kappa shape index (κ3) is 3.67. The molecule has 0 radical (unpaired) electrons. The van der Waals surface area contributed by atoms with Gasteiger partial charge in [-0.1, -0.05) is 41.6 Å². The van der Waals surface area contributed by atoms with Crippen LogP contribution in [-0.4, -0.2) is 20.7 Å². The summed E-state index contributed by atoms with van der Waals surface area (Å²) in [5.41, 5.74) is 4.83. The van der Waals surface area contributed by atoms with E-state index < -0.39 is 0 Å². The number of aryl methyl sites for hydroxylation is 3. The molecule has 1 unspecified atom stereocenters. The van der Waals surface area contributed by atoms with Crippen LogP contribution in [0.25, 0.3) is 11.0 Å². The van der Waals surface area contributed by atoms with E-state index >= 15 is 0 Å². The highest BCUT2D eigenvalue weighted by atomic mass is 35.5. The molecule has 1 heterocycles. The Labute approximate surface area is 156 Å².